The van der Waals surface area contributed by atoms with E-state index in [1.807, 2.05) is 6.08 Å². The predicted molar refractivity (Wildman–Crippen MR) is 217 cm³/mol. The number of hydrogen-bond donors (Lipinski definition) is 0. The molecule has 0 rings (SSSR count). The number of ether oxygens (including phenoxy) is 3. The molecule has 2 unspecified atom stereocenters. The molecule has 0 aliphatic carbocycles. The molecule has 0 spiro atoms. The summed E-state index contributed by atoms with van der Waals surface area (Å²) in [6.07, 6.45) is 44.9. The summed E-state index contributed by atoms with van der Waals surface area (Å²) in [5.74, 6) is -1.88. The zero-order valence-electron chi connectivity index (χ0n) is 33.9. The third-order valence-electron chi connectivity index (χ3n) is 8.28. The van der Waals surface area contributed by atoms with Crippen LogP contribution in [0.2, 0.25) is 0 Å². The van der Waals surface area contributed by atoms with Crippen LogP contribution in [0.3, 0.4) is 0 Å². The van der Waals surface area contributed by atoms with Gasteiger partial charge in [0.05, 0.1) is 40.3 Å². The van der Waals surface area contributed by atoms with Gasteiger partial charge in [-0.05, 0) is 77.0 Å². The Bertz CT molecular complexity index is 1140. The molecule has 0 amide bonds. The van der Waals surface area contributed by atoms with Crippen molar-refractivity contribution in [3.63, 3.8) is 0 Å². The molecule has 0 bridgehead atoms. The summed E-state index contributed by atoms with van der Waals surface area (Å²) in [5, 5.41) is 11.6. The van der Waals surface area contributed by atoms with Crippen LogP contribution in [-0.4, -0.2) is 75.5 Å². The molecule has 0 saturated heterocycles. The van der Waals surface area contributed by atoms with Crippen LogP contribution in [0.1, 0.15) is 129 Å². The smallest absolute Gasteiger partial charge is 0.306 e. The molecule has 0 aliphatic heterocycles. The van der Waals surface area contributed by atoms with Gasteiger partial charge in [-0.2, -0.15) is 0 Å². The normalized spacial score (nSPS) is 13.9. The number of carboxylic acids is 1. The first-order chi connectivity index (χ1) is 25.6. The lowest BCUT2D eigenvalue weighted by atomic mass is 10.1. The molecule has 0 saturated carbocycles. The van der Waals surface area contributed by atoms with E-state index in [9.17, 15) is 19.5 Å². The van der Waals surface area contributed by atoms with E-state index in [0.717, 1.165) is 64.2 Å². The van der Waals surface area contributed by atoms with Gasteiger partial charge < -0.3 is 28.6 Å². The van der Waals surface area contributed by atoms with Crippen molar-refractivity contribution in [3.8, 4) is 0 Å². The Labute approximate surface area is 323 Å². The van der Waals surface area contributed by atoms with Crippen LogP contribution in [-0.2, 0) is 28.6 Å². The highest BCUT2D eigenvalue weighted by atomic mass is 16.6. The van der Waals surface area contributed by atoms with E-state index in [0.29, 0.717) is 12.8 Å². The van der Waals surface area contributed by atoms with E-state index >= 15 is 0 Å². The number of nitrogens with zero attached hydrogens (tertiary/aromatic N) is 1. The largest absolute Gasteiger partial charge is 0.544 e. The number of aliphatic carboxylic acids is 1. The van der Waals surface area contributed by atoms with Gasteiger partial charge in [0.2, 0.25) is 0 Å². The van der Waals surface area contributed by atoms with Crippen molar-refractivity contribution >= 4 is 17.9 Å². The van der Waals surface area contributed by atoms with Crippen molar-refractivity contribution in [2.45, 2.75) is 142 Å². The minimum atomic E-state index is -1.14. The first-order valence-electron chi connectivity index (χ1n) is 20.1. The van der Waals surface area contributed by atoms with Crippen molar-refractivity contribution in [3.05, 3.63) is 85.1 Å². The summed E-state index contributed by atoms with van der Waals surface area (Å²) < 4.78 is 17.0. The van der Waals surface area contributed by atoms with E-state index in [1.54, 1.807) is 21.1 Å². The zero-order chi connectivity index (χ0) is 39.3. The fourth-order valence-corrected chi connectivity index (χ4v) is 5.15. The van der Waals surface area contributed by atoms with Gasteiger partial charge in [-0.3, -0.25) is 9.59 Å². The summed E-state index contributed by atoms with van der Waals surface area (Å²) in [6.45, 7) is 4.38. The second-order valence-corrected chi connectivity index (χ2v) is 14.1. The first kappa shape index (κ1) is 49.5. The predicted octanol–water partition coefficient (Wildman–Crippen LogP) is 9.24. The van der Waals surface area contributed by atoms with Crippen molar-refractivity contribution in [2.75, 3.05) is 41.0 Å². The van der Waals surface area contributed by atoms with Gasteiger partial charge in [0.25, 0.3) is 0 Å². The third-order valence-corrected chi connectivity index (χ3v) is 8.28. The lowest BCUT2D eigenvalue weighted by molar-refractivity contribution is -0.889. The van der Waals surface area contributed by atoms with Crippen molar-refractivity contribution < 1.29 is 38.2 Å². The quantitative estimate of drug-likeness (QED) is 0.0281. The lowest BCUT2D eigenvalue weighted by Crippen LogP contribution is -2.55. The van der Waals surface area contributed by atoms with Crippen LogP contribution in [0.25, 0.3) is 0 Å². The Balaban J connectivity index is 4.47. The number of rotatable bonds is 34. The second kappa shape index (κ2) is 35.5. The number of carbonyl (C=O) groups is 3. The Kier molecular flexibility index (Phi) is 33.2. The highest BCUT2D eigenvalue weighted by Gasteiger charge is 2.25. The minimum absolute atomic E-state index is 0.00608. The standard InChI is InChI=1S/C45H73NO7/c1-6-8-10-12-14-16-17-18-19-20-21-22-23-24-25-26-27-28-30-32-34-36-44(48)53-41(39-51-38-37-42(45(49)50)46(3,4)5)40-52-43(47)35-33-31-29-15-13-11-9-7-2/h8,10,14,16,18-19,21-22,24-25,27-29,31,41-42H,6-7,9,11-13,15,17,20,23,26,30,32-40H2,1-5H3/b10-8+,16-14+,19-18+,22-21+,25-24+,28-27+,31-29+. The molecule has 8 heteroatoms. The Morgan fingerprint density at radius 3 is 1.62 bits per heavy atom. The van der Waals surface area contributed by atoms with Gasteiger partial charge in [0, 0.05) is 19.3 Å². The van der Waals surface area contributed by atoms with Crippen LogP contribution < -0.4 is 5.11 Å². The molecule has 0 aromatic rings. The molecule has 0 N–H and O–H groups in total. The summed E-state index contributed by atoms with van der Waals surface area (Å²) >= 11 is 0. The molecule has 53 heavy (non-hydrogen) atoms. The number of hydrogen-bond acceptors (Lipinski definition) is 7. The number of carbonyl (C=O) groups excluding carboxylic acids is 3. The van der Waals surface area contributed by atoms with E-state index in [4.69, 9.17) is 14.2 Å². The lowest BCUT2D eigenvalue weighted by Gasteiger charge is -2.34. The van der Waals surface area contributed by atoms with E-state index < -0.39 is 18.1 Å². The van der Waals surface area contributed by atoms with Crippen LogP contribution in [0.5, 0.6) is 0 Å². The van der Waals surface area contributed by atoms with Gasteiger partial charge in [-0.1, -0.05) is 118 Å². The molecule has 0 fully saturated rings. The average Bonchev–Trinajstić information content (AvgIpc) is 3.11. The molecule has 2 atom stereocenters. The van der Waals surface area contributed by atoms with Crippen LogP contribution in [0, 0.1) is 0 Å². The number of esters is 2. The molecule has 300 valence electrons. The fraction of sp³-hybridized carbons (Fsp3) is 0.622. The number of likely N-dealkylation sites (N-methyl/N-ethyl adjacent to an activating group) is 1. The summed E-state index contributed by atoms with van der Waals surface area (Å²) in [5.41, 5.74) is 0. The van der Waals surface area contributed by atoms with Gasteiger partial charge in [-0.15, -0.1) is 0 Å². The second-order valence-electron chi connectivity index (χ2n) is 14.1. The third kappa shape index (κ3) is 34.1. The Morgan fingerprint density at radius 1 is 0.585 bits per heavy atom. The van der Waals surface area contributed by atoms with Crippen molar-refractivity contribution in [2.24, 2.45) is 0 Å². The maximum atomic E-state index is 12.6. The molecule has 8 nitrogen and oxygen atoms in total. The van der Waals surface area contributed by atoms with E-state index in [-0.39, 0.29) is 55.5 Å². The van der Waals surface area contributed by atoms with Crippen molar-refractivity contribution in [1.29, 1.82) is 0 Å². The van der Waals surface area contributed by atoms with Crippen molar-refractivity contribution in [1.82, 2.24) is 0 Å². The maximum absolute atomic E-state index is 12.6. The Hall–Kier alpha value is -3.49. The molecule has 0 aliphatic rings. The first-order valence-corrected chi connectivity index (χ1v) is 20.1. The SMILES string of the molecule is CC/C=C/C/C=C/C/C=C/C/C=C/C/C=C/C/C=C/CCCCC(=O)OC(COCCC(C(=O)[O-])[N+](C)(C)C)COC(=O)CC/C=C/CCCCCC. The highest BCUT2D eigenvalue weighted by Crippen LogP contribution is 2.10. The van der Waals surface area contributed by atoms with E-state index in [2.05, 4.69) is 92.8 Å². The molecular weight excluding hydrogens is 666 g/mol. The summed E-state index contributed by atoms with van der Waals surface area (Å²) in [6, 6.07) is -0.741. The zero-order valence-corrected chi connectivity index (χ0v) is 33.9. The topological polar surface area (TPSA) is 102 Å². The highest BCUT2D eigenvalue weighted by molar-refractivity contribution is 5.70. The number of carboxylic acid groups (broad SMARTS) is 1. The van der Waals surface area contributed by atoms with Gasteiger partial charge in [0.1, 0.15) is 12.6 Å². The molecular formula is C45H73NO7. The summed E-state index contributed by atoms with van der Waals surface area (Å²) in [4.78, 5) is 36.6. The van der Waals surface area contributed by atoms with E-state index in [1.165, 1.54) is 19.3 Å². The fourth-order valence-electron chi connectivity index (χ4n) is 5.15. The number of unbranched alkanes of at least 4 members (excludes halogenated alkanes) is 6. The average molecular weight is 740 g/mol. The van der Waals surface area contributed by atoms with Crippen LogP contribution in [0.4, 0.5) is 0 Å². The number of allylic oxidation sites excluding steroid dienone is 14. The van der Waals surface area contributed by atoms with Gasteiger partial charge >= 0.3 is 11.9 Å². The monoisotopic (exact) mass is 740 g/mol. The van der Waals surface area contributed by atoms with Crippen LogP contribution >= 0.6 is 0 Å². The van der Waals surface area contributed by atoms with Gasteiger partial charge in [0.15, 0.2) is 6.10 Å². The van der Waals surface area contributed by atoms with Crippen LogP contribution in [0.15, 0.2) is 85.1 Å². The molecule has 0 radical (unpaired) electrons. The minimum Gasteiger partial charge on any atom is -0.544 e. The number of quaternary nitrogens is 1. The molecule has 0 heterocycles. The molecule has 0 aromatic heterocycles. The molecule has 0 aromatic carbocycles. The van der Waals surface area contributed by atoms with Gasteiger partial charge in [-0.25, -0.2) is 0 Å². The Morgan fingerprint density at radius 2 is 1.09 bits per heavy atom. The maximum Gasteiger partial charge on any atom is 0.306 e. The summed E-state index contributed by atoms with van der Waals surface area (Å²) in [7, 11) is 5.36.